The van der Waals surface area contributed by atoms with Crippen LogP contribution in [0.15, 0.2) is 58.0 Å². The van der Waals surface area contributed by atoms with Crippen molar-refractivity contribution < 1.29 is 14.3 Å². The number of fused-ring (bicyclic) bond motifs is 1. The van der Waals surface area contributed by atoms with Crippen LogP contribution in [0.4, 0.5) is 0 Å². The fourth-order valence-corrected chi connectivity index (χ4v) is 3.93. The van der Waals surface area contributed by atoms with E-state index in [1.807, 2.05) is 24.3 Å². The van der Waals surface area contributed by atoms with Gasteiger partial charge in [0.25, 0.3) is 5.91 Å². The summed E-state index contributed by atoms with van der Waals surface area (Å²) in [4.78, 5) is 29.1. The Hall–Kier alpha value is -2.25. The number of amides is 1. The van der Waals surface area contributed by atoms with Crippen molar-refractivity contribution in [2.24, 2.45) is 4.99 Å². The number of halogens is 1. The molecule has 0 aliphatic carbocycles. The van der Waals surface area contributed by atoms with E-state index in [2.05, 4.69) is 20.9 Å². The molecule has 0 aliphatic heterocycles. The van der Waals surface area contributed by atoms with E-state index in [0.717, 1.165) is 14.7 Å². The molecule has 0 aliphatic rings. The zero-order valence-electron chi connectivity index (χ0n) is 13.4. The lowest BCUT2D eigenvalue weighted by Gasteiger charge is -2.05. The van der Waals surface area contributed by atoms with Crippen molar-refractivity contribution in [2.45, 2.75) is 13.5 Å². The van der Waals surface area contributed by atoms with E-state index < -0.39 is 0 Å². The van der Waals surface area contributed by atoms with Crippen LogP contribution in [0.1, 0.15) is 17.3 Å². The molecule has 1 amide bonds. The molecule has 3 aromatic rings. The zero-order valence-corrected chi connectivity index (χ0v) is 15.8. The highest BCUT2D eigenvalue weighted by atomic mass is 79.9. The van der Waals surface area contributed by atoms with Gasteiger partial charge in [-0.1, -0.05) is 45.5 Å². The summed E-state index contributed by atoms with van der Waals surface area (Å²) in [6.45, 7) is 2.08. The maximum atomic E-state index is 12.4. The van der Waals surface area contributed by atoms with E-state index in [1.165, 1.54) is 11.3 Å². The monoisotopic (exact) mass is 418 g/mol. The zero-order chi connectivity index (χ0) is 17.8. The second kappa shape index (κ2) is 7.76. The van der Waals surface area contributed by atoms with Crippen molar-refractivity contribution >= 4 is 49.4 Å². The van der Waals surface area contributed by atoms with Gasteiger partial charge in [0.2, 0.25) is 0 Å². The van der Waals surface area contributed by atoms with Crippen LogP contribution in [0.2, 0.25) is 0 Å². The minimum atomic E-state index is -0.362. The second-order valence-corrected chi connectivity index (χ2v) is 7.10. The van der Waals surface area contributed by atoms with Gasteiger partial charge in [0, 0.05) is 10.0 Å². The highest BCUT2D eigenvalue weighted by Crippen LogP contribution is 2.22. The molecule has 0 spiro atoms. The molecule has 0 N–H and O–H groups in total. The number of rotatable bonds is 4. The molecular formula is C18H15BrN2O3S. The Morgan fingerprint density at radius 3 is 2.68 bits per heavy atom. The van der Waals surface area contributed by atoms with E-state index in [4.69, 9.17) is 4.74 Å². The minimum Gasteiger partial charge on any atom is -0.465 e. The molecule has 3 rings (SSSR count). The molecule has 5 nitrogen and oxygen atoms in total. The maximum absolute atomic E-state index is 12.4. The molecule has 1 heterocycles. The number of hydrogen-bond acceptors (Lipinski definition) is 4. The number of ether oxygens (including phenoxy) is 1. The van der Waals surface area contributed by atoms with Crippen LogP contribution in [0, 0.1) is 0 Å². The lowest BCUT2D eigenvalue weighted by atomic mass is 10.2. The fourth-order valence-electron chi connectivity index (χ4n) is 2.35. The van der Waals surface area contributed by atoms with Crippen LogP contribution >= 0.6 is 27.3 Å². The number of benzene rings is 2. The summed E-state index contributed by atoms with van der Waals surface area (Å²) < 4.78 is 8.61. The van der Waals surface area contributed by atoms with Crippen molar-refractivity contribution in [3.05, 3.63) is 63.4 Å². The van der Waals surface area contributed by atoms with Gasteiger partial charge in [-0.2, -0.15) is 4.99 Å². The van der Waals surface area contributed by atoms with Gasteiger partial charge in [-0.25, -0.2) is 0 Å². The van der Waals surface area contributed by atoms with Gasteiger partial charge >= 0.3 is 5.97 Å². The van der Waals surface area contributed by atoms with E-state index in [9.17, 15) is 9.59 Å². The molecule has 2 aromatic carbocycles. The molecule has 128 valence electrons. The molecular weight excluding hydrogens is 404 g/mol. The molecule has 0 atom stereocenters. The smallest absolute Gasteiger partial charge is 0.326 e. The van der Waals surface area contributed by atoms with Gasteiger partial charge in [-0.3, -0.25) is 9.59 Å². The molecule has 25 heavy (non-hydrogen) atoms. The normalized spacial score (nSPS) is 11.7. The Morgan fingerprint density at radius 1 is 1.20 bits per heavy atom. The lowest BCUT2D eigenvalue weighted by Crippen LogP contribution is -2.23. The van der Waals surface area contributed by atoms with Gasteiger partial charge in [0.1, 0.15) is 6.54 Å². The highest BCUT2D eigenvalue weighted by Gasteiger charge is 2.13. The van der Waals surface area contributed by atoms with Crippen molar-refractivity contribution in [1.82, 2.24) is 4.57 Å². The molecule has 7 heteroatoms. The summed E-state index contributed by atoms with van der Waals surface area (Å²) in [5.74, 6) is -0.706. The van der Waals surface area contributed by atoms with Crippen LogP contribution in [0.3, 0.4) is 0 Å². The number of carbonyl (C=O) groups is 2. The van der Waals surface area contributed by atoms with Crippen molar-refractivity contribution in [3.8, 4) is 0 Å². The third-order valence-electron chi connectivity index (χ3n) is 3.46. The second-order valence-electron chi connectivity index (χ2n) is 5.17. The average molecular weight is 419 g/mol. The Bertz CT molecular complexity index is 992. The summed E-state index contributed by atoms with van der Waals surface area (Å²) in [5.41, 5.74) is 1.34. The third-order valence-corrected chi connectivity index (χ3v) is 4.99. The standard InChI is InChI=1S/C18H15BrN2O3S/c1-2-24-16(22)11-21-14-9-8-13(19)10-15(14)25-18(21)20-17(23)12-6-4-3-5-7-12/h3-10H,2,11H2,1H3. The lowest BCUT2D eigenvalue weighted by molar-refractivity contribution is -0.143. The first kappa shape index (κ1) is 17.6. The minimum absolute atomic E-state index is 0.0103. The topological polar surface area (TPSA) is 60.7 Å². The molecule has 0 bridgehead atoms. The van der Waals surface area contributed by atoms with Gasteiger partial charge in [0.05, 0.1) is 16.8 Å². The summed E-state index contributed by atoms with van der Waals surface area (Å²) in [6, 6.07) is 14.6. The number of aromatic nitrogens is 1. The Kier molecular flexibility index (Phi) is 5.45. The first-order chi connectivity index (χ1) is 12.1. The first-order valence-corrected chi connectivity index (χ1v) is 9.28. The molecule has 0 unspecified atom stereocenters. The van der Waals surface area contributed by atoms with Crippen LogP contribution < -0.4 is 4.80 Å². The number of carbonyl (C=O) groups excluding carboxylic acids is 2. The number of thiazole rings is 1. The molecule has 0 saturated carbocycles. The predicted octanol–water partition coefficient (Wildman–Crippen LogP) is 3.77. The maximum Gasteiger partial charge on any atom is 0.326 e. The SMILES string of the molecule is CCOC(=O)Cn1c(=NC(=O)c2ccccc2)sc2cc(Br)ccc21. The Labute approximate surface area is 156 Å². The largest absolute Gasteiger partial charge is 0.465 e. The van der Waals surface area contributed by atoms with Gasteiger partial charge in [-0.15, -0.1) is 0 Å². The first-order valence-electron chi connectivity index (χ1n) is 7.67. The third kappa shape index (κ3) is 4.05. The van der Waals surface area contributed by atoms with Crippen molar-refractivity contribution in [2.75, 3.05) is 6.61 Å². The van der Waals surface area contributed by atoms with Gasteiger partial charge in [-0.05, 0) is 37.3 Å². The van der Waals surface area contributed by atoms with Crippen LogP contribution in [-0.4, -0.2) is 23.1 Å². The van der Waals surface area contributed by atoms with Crippen LogP contribution in [-0.2, 0) is 16.1 Å². The fraction of sp³-hybridized carbons (Fsp3) is 0.167. The molecule has 0 fully saturated rings. The Morgan fingerprint density at radius 2 is 1.96 bits per heavy atom. The number of hydrogen-bond donors (Lipinski definition) is 0. The van der Waals surface area contributed by atoms with E-state index in [-0.39, 0.29) is 18.4 Å². The van der Waals surface area contributed by atoms with Crippen LogP contribution in [0.25, 0.3) is 10.2 Å². The van der Waals surface area contributed by atoms with Crippen molar-refractivity contribution in [1.29, 1.82) is 0 Å². The van der Waals surface area contributed by atoms with Crippen LogP contribution in [0.5, 0.6) is 0 Å². The highest BCUT2D eigenvalue weighted by molar-refractivity contribution is 9.10. The van der Waals surface area contributed by atoms with Gasteiger partial charge < -0.3 is 9.30 Å². The molecule has 0 radical (unpaired) electrons. The summed E-state index contributed by atoms with van der Waals surface area (Å²) in [7, 11) is 0. The molecule has 0 saturated heterocycles. The molecule has 1 aromatic heterocycles. The summed E-state index contributed by atoms with van der Waals surface area (Å²) in [6.07, 6.45) is 0. The van der Waals surface area contributed by atoms with Crippen molar-refractivity contribution in [3.63, 3.8) is 0 Å². The van der Waals surface area contributed by atoms with E-state index in [1.54, 1.807) is 35.8 Å². The summed E-state index contributed by atoms with van der Waals surface area (Å²) in [5, 5.41) is 0. The number of nitrogens with zero attached hydrogens (tertiary/aromatic N) is 2. The quantitative estimate of drug-likeness (QED) is 0.605. The summed E-state index contributed by atoms with van der Waals surface area (Å²) >= 11 is 4.80. The van der Waals surface area contributed by atoms with E-state index in [0.29, 0.717) is 17.0 Å². The average Bonchev–Trinajstić information content (AvgIpc) is 2.92. The van der Waals surface area contributed by atoms with Gasteiger partial charge in [0.15, 0.2) is 4.80 Å². The van der Waals surface area contributed by atoms with E-state index >= 15 is 0 Å². The Balaban J connectivity index is 2.11. The predicted molar refractivity (Wildman–Crippen MR) is 100 cm³/mol. The number of esters is 1.